The van der Waals surface area contributed by atoms with E-state index in [-0.39, 0.29) is 17.9 Å². The van der Waals surface area contributed by atoms with Crippen LogP contribution in [-0.4, -0.2) is 39.7 Å². The molecule has 1 saturated carbocycles. The fraction of sp³-hybridized carbons (Fsp3) is 0.857. The van der Waals surface area contributed by atoms with Crippen LogP contribution < -0.4 is 0 Å². The molecule has 0 aromatic carbocycles. The molecule has 0 bridgehead atoms. The SMILES string of the molecule is CC(CS)C(=O)N1C(C(=O)O)CCC2CCCCC21. The summed E-state index contributed by atoms with van der Waals surface area (Å²) in [4.78, 5) is 25.6. The van der Waals surface area contributed by atoms with Crippen LogP contribution >= 0.6 is 12.6 Å². The lowest BCUT2D eigenvalue weighted by Gasteiger charge is -2.47. The average Bonchev–Trinajstić information content (AvgIpc) is 2.44. The number of carbonyl (C=O) groups excluding carboxylic acids is 1. The Kier molecular flexibility index (Phi) is 4.76. The molecule has 1 aliphatic heterocycles. The van der Waals surface area contributed by atoms with Crippen LogP contribution in [0.2, 0.25) is 0 Å². The Bertz CT molecular complexity index is 361. The highest BCUT2D eigenvalue weighted by Gasteiger charge is 2.44. The maximum absolute atomic E-state index is 12.5. The number of carbonyl (C=O) groups is 2. The van der Waals surface area contributed by atoms with Gasteiger partial charge in [0.05, 0.1) is 0 Å². The van der Waals surface area contributed by atoms with Gasteiger partial charge in [0.15, 0.2) is 0 Å². The van der Waals surface area contributed by atoms with Crippen molar-refractivity contribution >= 4 is 24.5 Å². The molecule has 5 heteroatoms. The van der Waals surface area contributed by atoms with Gasteiger partial charge in [0.2, 0.25) is 5.91 Å². The predicted octanol–water partition coefficient (Wildman–Crippen LogP) is 2.19. The number of piperidine rings is 1. The van der Waals surface area contributed by atoms with Gasteiger partial charge in [0.1, 0.15) is 6.04 Å². The summed E-state index contributed by atoms with van der Waals surface area (Å²) >= 11 is 4.18. The van der Waals surface area contributed by atoms with E-state index in [2.05, 4.69) is 12.6 Å². The number of likely N-dealkylation sites (tertiary alicyclic amines) is 1. The molecule has 1 heterocycles. The van der Waals surface area contributed by atoms with Gasteiger partial charge in [-0.05, 0) is 31.6 Å². The maximum Gasteiger partial charge on any atom is 0.326 e. The minimum Gasteiger partial charge on any atom is -0.480 e. The smallest absolute Gasteiger partial charge is 0.326 e. The van der Waals surface area contributed by atoms with Crippen molar-refractivity contribution in [3.63, 3.8) is 0 Å². The van der Waals surface area contributed by atoms with Gasteiger partial charge < -0.3 is 10.0 Å². The Morgan fingerprint density at radius 2 is 1.95 bits per heavy atom. The Morgan fingerprint density at radius 3 is 2.58 bits per heavy atom. The molecular weight excluding hydrogens is 262 g/mol. The predicted molar refractivity (Wildman–Crippen MR) is 76.3 cm³/mol. The van der Waals surface area contributed by atoms with Gasteiger partial charge in [-0.1, -0.05) is 19.8 Å². The minimum absolute atomic E-state index is 0.0287. The van der Waals surface area contributed by atoms with Crippen molar-refractivity contribution in [3.8, 4) is 0 Å². The van der Waals surface area contributed by atoms with Gasteiger partial charge in [-0.2, -0.15) is 12.6 Å². The number of amides is 1. The zero-order valence-corrected chi connectivity index (χ0v) is 12.3. The van der Waals surface area contributed by atoms with Gasteiger partial charge in [-0.25, -0.2) is 4.79 Å². The number of hydrogen-bond acceptors (Lipinski definition) is 3. The number of carboxylic acid groups (broad SMARTS) is 1. The van der Waals surface area contributed by atoms with Gasteiger partial charge >= 0.3 is 5.97 Å². The molecule has 4 atom stereocenters. The first kappa shape index (κ1) is 14.7. The maximum atomic E-state index is 12.5. The first-order chi connectivity index (χ1) is 9.06. The average molecular weight is 285 g/mol. The van der Waals surface area contributed by atoms with Crippen molar-refractivity contribution in [2.75, 3.05) is 5.75 Å². The number of rotatable bonds is 3. The number of aliphatic carboxylic acids is 1. The summed E-state index contributed by atoms with van der Waals surface area (Å²) in [6.45, 7) is 1.83. The van der Waals surface area contributed by atoms with Crippen LogP contribution in [0.5, 0.6) is 0 Å². The second-order valence-corrected chi connectivity index (χ2v) is 6.24. The number of carboxylic acids is 1. The van der Waals surface area contributed by atoms with Gasteiger partial charge in [-0.15, -0.1) is 0 Å². The zero-order valence-electron chi connectivity index (χ0n) is 11.4. The molecule has 108 valence electrons. The van der Waals surface area contributed by atoms with E-state index in [0.717, 1.165) is 25.7 Å². The zero-order chi connectivity index (χ0) is 14.0. The molecule has 0 aromatic rings. The first-order valence-corrected chi connectivity index (χ1v) is 7.85. The quantitative estimate of drug-likeness (QED) is 0.782. The summed E-state index contributed by atoms with van der Waals surface area (Å²) in [5, 5.41) is 9.39. The topological polar surface area (TPSA) is 57.6 Å². The van der Waals surface area contributed by atoms with E-state index in [4.69, 9.17) is 0 Å². The van der Waals surface area contributed by atoms with E-state index < -0.39 is 12.0 Å². The molecule has 1 saturated heterocycles. The third-order valence-corrected chi connectivity index (χ3v) is 5.16. The van der Waals surface area contributed by atoms with E-state index in [0.29, 0.717) is 18.1 Å². The summed E-state index contributed by atoms with van der Waals surface area (Å²) in [6.07, 6.45) is 5.95. The van der Waals surface area contributed by atoms with E-state index in [9.17, 15) is 14.7 Å². The van der Waals surface area contributed by atoms with Crippen molar-refractivity contribution < 1.29 is 14.7 Å². The number of nitrogens with zero attached hydrogens (tertiary/aromatic N) is 1. The summed E-state index contributed by atoms with van der Waals surface area (Å²) in [6, 6.07) is -0.493. The van der Waals surface area contributed by atoms with Gasteiger partial charge in [0.25, 0.3) is 0 Å². The van der Waals surface area contributed by atoms with E-state index in [1.165, 1.54) is 6.42 Å². The standard InChI is InChI=1S/C14H23NO3S/c1-9(8-19)13(16)15-11-5-3-2-4-10(11)6-7-12(15)14(17)18/h9-12,19H,2-8H2,1H3,(H,17,18). The fourth-order valence-electron chi connectivity index (χ4n) is 3.53. The summed E-state index contributed by atoms with van der Waals surface area (Å²) < 4.78 is 0. The van der Waals surface area contributed by atoms with Crippen LogP contribution in [0.1, 0.15) is 45.4 Å². The lowest BCUT2D eigenvalue weighted by Crippen LogP contribution is -2.58. The molecule has 4 nitrogen and oxygen atoms in total. The van der Waals surface area contributed by atoms with Crippen LogP contribution in [0, 0.1) is 11.8 Å². The molecule has 0 aromatic heterocycles. The molecule has 1 amide bonds. The van der Waals surface area contributed by atoms with Crippen molar-refractivity contribution in [1.82, 2.24) is 4.90 Å². The van der Waals surface area contributed by atoms with E-state index in [1.54, 1.807) is 4.90 Å². The van der Waals surface area contributed by atoms with Crippen molar-refractivity contribution in [3.05, 3.63) is 0 Å². The monoisotopic (exact) mass is 285 g/mol. The van der Waals surface area contributed by atoms with Crippen LogP contribution in [0.25, 0.3) is 0 Å². The molecule has 2 fully saturated rings. The highest BCUT2D eigenvalue weighted by atomic mass is 32.1. The molecule has 19 heavy (non-hydrogen) atoms. The molecule has 2 rings (SSSR count). The second kappa shape index (κ2) is 6.16. The third-order valence-electron chi connectivity index (χ3n) is 4.61. The summed E-state index contributed by atoms with van der Waals surface area (Å²) in [5.74, 6) is -0.118. The minimum atomic E-state index is -0.858. The second-order valence-electron chi connectivity index (χ2n) is 5.87. The molecule has 1 aliphatic carbocycles. The van der Waals surface area contributed by atoms with Crippen molar-refractivity contribution in [1.29, 1.82) is 0 Å². The van der Waals surface area contributed by atoms with Gasteiger partial charge in [0, 0.05) is 17.7 Å². The molecule has 1 N–H and O–H groups in total. The molecular formula is C14H23NO3S. The van der Waals surface area contributed by atoms with E-state index >= 15 is 0 Å². The lowest BCUT2D eigenvalue weighted by molar-refractivity contribution is -0.159. The first-order valence-electron chi connectivity index (χ1n) is 7.22. The molecule has 0 radical (unpaired) electrons. The van der Waals surface area contributed by atoms with Crippen LogP contribution in [0.4, 0.5) is 0 Å². The van der Waals surface area contributed by atoms with E-state index in [1.807, 2.05) is 6.92 Å². The molecule has 4 unspecified atom stereocenters. The Labute approximate surface area is 120 Å². The Balaban J connectivity index is 2.23. The number of hydrogen-bond donors (Lipinski definition) is 2. The normalized spacial score (nSPS) is 32.5. The highest BCUT2D eigenvalue weighted by Crippen LogP contribution is 2.38. The lowest BCUT2D eigenvalue weighted by atomic mass is 9.76. The van der Waals surface area contributed by atoms with Crippen LogP contribution in [0.3, 0.4) is 0 Å². The fourth-order valence-corrected chi connectivity index (χ4v) is 3.68. The van der Waals surface area contributed by atoms with Gasteiger partial charge in [-0.3, -0.25) is 4.79 Å². The molecule has 0 spiro atoms. The van der Waals surface area contributed by atoms with Crippen molar-refractivity contribution in [2.24, 2.45) is 11.8 Å². The number of thiol groups is 1. The third kappa shape index (κ3) is 2.91. The Hall–Kier alpha value is -0.710. The molecule has 2 aliphatic rings. The van der Waals surface area contributed by atoms with Crippen LogP contribution in [0.15, 0.2) is 0 Å². The number of fused-ring (bicyclic) bond motifs is 1. The van der Waals surface area contributed by atoms with Crippen molar-refractivity contribution in [2.45, 2.75) is 57.5 Å². The summed E-state index contributed by atoms with van der Waals surface area (Å²) in [7, 11) is 0. The largest absolute Gasteiger partial charge is 0.480 e. The Morgan fingerprint density at radius 1 is 1.26 bits per heavy atom. The highest BCUT2D eigenvalue weighted by molar-refractivity contribution is 7.80. The van der Waals surface area contributed by atoms with Crippen LogP contribution in [-0.2, 0) is 9.59 Å². The summed E-state index contributed by atoms with van der Waals surface area (Å²) in [5.41, 5.74) is 0.